The number of hydrogen-bond acceptors (Lipinski definition) is 5. The van der Waals surface area contributed by atoms with Gasteiger partial charge in [0.1, 0.15) is 23.2 Å². The van der Waals surface area contributed by atoms with E-state index in [1.807, 2.05) is 0 Å². The van der Waals surface area contributed by atoms with Crippen LogP contribution in [0.2, 0.25) is 0 Å². The molecule has 1 N–H and O–H groups in total. The number of para-hydroxylation sites is 1. The first-order valence-electron chi connectivity index (χ1n) is 10.3. The first-order valence-corrected chi connectivity index (χ1v) is 10.3. The van der Waals surface area contributed by atoms with Crippen LogP contribution in [0.1, 0.15) is 11.6 Å². The summed E-state index contributed by atoms with van der Waals surface area (Å²) in [5.41, 5.74) is 0.639. The summed E-state index contributed by atoms with van der Waals surface area (Å²) in [7, 11) is 1.54. The van der Waals surface area contributed by atoms with Crippen molar-refractivity contribution in [3.63, 3.8) is 0 Å². The van der Waals surface area contributed by atoms with E-state index in [4.69, 9.17) is 9.15 Å². The maximum atomic E-state index is 14.0. The van der Waals surface area contributed by atoms with Gasteiger partial charge in [0.25, 0.3) is 5.56 Å². The number of carbonyl (C=O) groups is 1. The highest BCUT2D eigenvalue weighted by molar-refractivity contribution is 5.91. The van der Waals surface area contributed by atoms with E-state index in [2.05, 4.69) is 9.97 Å². The number of furan rings is 1. The lowest BCUT2D eigenvalue weighted by Gasteiger charge is -2.20. The lowest BCUT2D eigenvalue weighted by molar-refractivity contribution is -0.127. The fourth-order valence-corrected chi connectivity index (χ4v) is 3.37. The lowest BCUT2D eigenvalue weighted by atomic mass is 10.1. The minimum absolute atomic E-state index is 0.102. The molecule has 0 spiro atoms. The summed E-state index contributed by atoms with van der Waals surface area (Å²) in [4.78, 5) is 33.9. The molecule has 0 atom stereocenters. The summed E-state index contributed by atoms with van der Waals surface area (Å²) in [6, 6.07) is 16.6. The third-order valence-corrected chi connectivity index (χ3v) is 5.04. The number of hydrogen-bond donors (Lipinski definition) is 1. The van der Waals surface area contributed by atoms with Crippen LogP contribution >= 0.6 is 0 Å². The van der Waals surface area contributed by atoms with Gasteiger partial charge in [-0.2, -0.15) is 0 Å². The van der Waals surface area contributed by atoms with Gasteiger partial charge in [0, 0.05) is 19.7 Å². The van der Waals surface area contributed by atoms with E-state index in [0.717, 1.165) is 0 Å². The molecule has 2 aromatic heterocycles. The molecule has 0 bridgehead atoms. The second kappa shape index (κ2) is 10.1. The molecular formula is C25H22FN3O4. The van der Waals surface area contributed by atoms with Crippen LogP contribution in [-0.4, -0.2) is 41.0 Å². The average molecular weight is 447 g/mol. The Kier molecular flexibility index (Phi) is 6.75. The number of aromatic nitrogens is 2. The highest BCUT2D eigenvalue weighted by atomic mass is 19.1. The van der Waals surface area contributed by atoms with Crippen LogP contribution in [0.3, 0.4) is 0 Å². The Balaban J connectivity index is 1.52. The molecule has 0 aliphatic carbocycles. The number of methoxy groups -OCH3 is 1. The van der Waals surface area contributed by atoms with Crippen LogP contribution in [0.4, 0.5) is 4.39 Å². The molecule has 33 heavy (non-hydrogen) atoms. The van der Waals surface area contributed by atoms with Gasteiger partial charge in [0.15, 0.2) is 0 Å². The van der Waals surface area contributed by atoms with Crippen LogP contribution in [-0.2, 0) is 16.1 Å². The second-order valence-corrected chi connectivity index (χ2v) is 7.30. The standard InChI is InChI=1S/C25H22FN3O4/c1-32-15-14-29(16-23-27-21-9-5-3-7-19(21)25(31)28-23)24(30)13-11-17-10-12-22(33-17)18-6-2-4-8-20(18)26/h2-13H,14-16H2,1H3,(H,27,28,31). The summed E-state index contributed by atoms with van der Waals surface area (Å²) >= 11 is 0. The van der Waals surface area contributed by atoms with E-state index in [1.165, 1.54) is 23.1 Å². The molecule has 0 unspecified atom stereocenters. The van der Waals surface area contributed by atoms with Crippen molar-refractivity contribution in [3.8, 4) is 11.3 Å². The van der Waals surface area contributed by atoms with Crippen molar-refractivity contribution in [2.45, 2.75) is 6.54 Å². The van der Waals surface area contributed by atoms with Gasteiger partial charge in [-0.25, -0.2) is 9.37 Å². The van der Waals surface area contributed by atoms with Gasteiger partial charge in [0.2, 0.25) is 5.91 Å². The number of rotatable bonds is 8. The maximum absolute atomic E-state index is 14.0. The zero-order chi connectivity index (χ0) is 23.2. The van der Waals surface area contributed by atoms with Crippen molar-refractivity contribution in [2.24, 2.45) is 0 Å². The molecule has 2 heterocycles. The third-order valence-electron chi connectivity index (χ3n) is 5.04. The van der Waals surface area contributed by atoms with Crippen molar-refractivity contribution >= 4 is 22.9 Å². The van der Waals surface area contributed by atoms with Crippen LogP contribution in [0.15, 0.2) is 76.0 Å². The summed E-state index contributed by atoms with van der Waals surface area (Å²) < 4.78 is 24.8. The molecule has 0 radical (unpaired) electrons. The lowest BCUT2D eigenvalue weighted by Crippen LogP contribution is -2.33. The van der Waals surface area contributed by atoms with E-state index < -0.39 is 0 Å². The molecule has 0 saturated carbocycles. The van der Waals surface area contributed by atoms with Gasteiger partial charge < -0.3 is 19.0 Å². The van der Waals surface area contributed by atoms with Crippen molar-refractivity contribution in [2.75, 3.05) is 20.3 Å². The highest BCUT2D eigenvalue weighted by Crippen LogP contribution is 2.25. The number of H-pyrrole nitrogens is 1. The number of nitrogens with one attached hydrogen (secondary N) is 1. The molecular weight excluding hydrogens is 425 g/mol. The molecule has 0 aliphatic rings. The Morgan fingerprint density at radius 1 is 1.15 bits per heavy atom. The first-order chi connectivity index (χ1) is 16.0. The third kappa shape index (κ3) is 5.24. The summed E-state index contributed by atoms with van der Waals surface area (Å²) in [5.74, 6) is 0.448. The fraction of sp³-hybridized carbons (Fsp3) is 0.160. The van der Waals surface area contributed by atoms with E-state index in [-0.39, 0.29) is 23.8 Å². The number of carbonyl (C=O) groups excluding carboxylic acids is 1. The number of aromatic amines is 1. The zero-order valence-corrected chi connectivity index (χ0v) is 18.0. The van der Waals surface area contributed by atoms with Gasteiger partial charge in [0.05, 0.1) is 29.6 Å². The van der Waals surface area contributed by atoms with E-state index in [0.29, 0.717) is 47.0 Å². The van der Waals surface area contributed by atoms with Gasteiger partial charge in [-0.3, -0.25) is 9.59 Å². The van der Waals surface area contributed by atoms with Crippen molar-refractivity contribution in [1.82, 2.24) is 14.9 Å². The minimum atomic E-state index is -0.388. The Bertz CT molecular complexity index is 1360. The Morgan fingerprint density at radius 2 is 1.94 bits per heavy atom. The minimum Gasteiger partial charge on any atom is -0.457 e. The van der Waals surface area contributed by atoms with Crippen molar-refractivity contribution < 1.29 is 18.3 Å². The zero-order valence-electron chi connectivity index (χ0n) is 18.0. The van der Waals surface area contributed by atoms with E-state index >= 15 is 0 Å². The molecule has 1 amide bonds. The van der Waals surface area contributed by atoms with Gasteiger partial charge in [-0.15, -0.1) is 0 Å². The normalized spacial score (nSPS) is 11.3. The number of fused-ring (bicyclic) bond motifs is 1. The number of ether oxygens (including phenoxy) is 1. The highest BCUT2D eigenvalue weighted by Gasteiger charge is 2.14. The van der Waals surface area contributed by atoms with Crippen molar-refractivity contribution in [1.29, 1.82) is 0 Å². The predicted molar refractivity (Wildman–Crippen MR) is 123 cm³/mol. The fourth-order valence-electron chi connectivity index (χ4n) is 3.37. The molecule has 8 heteroatoms. The van der Waals surface area contributed by atoms with E-state index in [1.54, 1.807) is 61.7 Å². The summed E-state index contributed by atoms with van der Waals surface area (Å²) in [6.45, 7) is 0.718. The maximum Gasteiger partial charge on any atom is 0.258 e. The SMILES string of the molecule is COCCN(Cc1nc2ccccc2c(=O)[nH]1)C(=O)C=Cc1ccc(-c2ccccc2F)o1. The Hall–Kier alpha value is -4.04. The first kappa shape index (κ1) is 22.2. The summed E-state index contributed by atoms with van der Waals surface area (Å²) in [6.07, 6.45) is 2.88. The number of benzene rings is 2. The Labute approximate surface area is 189 Å². The molecule has 4 aromatic rings. The predicted octanol–water partition coefficient (Wildman–Crippen LogP) is 4.01. The quantitative estimate of drug-likeness (QED) is 0.413. The van der Waals surface area contributed by atoms with Crippen LogP contribution in [0, 0.1) is 5.82 Å². The molecule has 2 aromatic carbocycles. The topological polar surface area (TPSA) is 88.4 Å². The number of halogens is 1. The van der Waals surface area contributed by atoms with Gasteiger partial charge in [-0.05, 0) is 42.5 Å². The molecule has 168 valence electrons. The molecule has 7 nitrogen and oxygen atoms in total. The smallest absolute Gasteiger partial charge is 0.258 e. The number of amides is 1. The van der Waals surface area contributed by atoms with Gasteiger partial charge >= 0.3 is 0 Å². The molecule has 0 aliphatic heterocycles. The van der Waals surface area contributed by atoms with Gasteiger partial charge in [-0.1, -0.05) is 24.3 Å². The van der Waals surface area contributed by atoms with Crippen LogP contribution < -0.4 is 5.56 Å². The number of nitrogens with zero attached hydrogens (tertiary/aromatic N) is 2. The van der Waals surface area contributed by atoms with Crippen LogP contribution in [0.25, 0.3) is 28.3 Å². The largest absolute Gasteiger partial charge is 0.457 e. The van der Waals surface area contributed by atoms with Crippen LogP contribution in [0.5, 0.6) is 0 Å². The molecule has 0 fully saturated rings. The van der Waals surface area contributed by atoms with Crippen molar-refractivity contribution in [3.05, 3.63) is 94.5 Å². The molecule has 0 saturated heterocycles. The molecule has 4 rings (SSSR count). The average Bonchev–Trinajstić information content (AvgIpc) is 3.29. The monoisotopic (exact) mass is 447 g/mol. The summed E-state index contributed by atoms with van der Waals surface area (Å²) in [5, 5.41) is 0.486. The van der Waals surface area contributed by atoms with E-state index in [9.17, 15) is 14.0 Å². The second-order valence-electron chi connectivity index (χ2n) is 7.30. The Morgan fingerprint density at radius 3 is 2.76 bits per heavy atom.